The quantitative estimate of drug-likeness (QED) is 0.224. The molecule has 0 aliphatic rings. The fourth-order valence-electron chi connectivity index (χ4n) is 1.63. The van der Waals surface area contributed by atoms with Gasteiger partial charge in [-0.2, -0.15) is 6.42 Å². The maximum atomic E-state index is 11.7. The van der Waals surface area contributed by atoms with E-state index in [-0.39, 0.29) is 19.4 Å². The van der Waals surface area contributed by atoms with Crippen molar-refractivity contribution in [3.8, 4) is 0 Å². The van der Waals surface area contributed by atoms with Crippen LogP contribution in [0.5, 0.6) is 0 Å². The topological polar surface area (TPSA) is 119 Å². The number of carbonyl (C=O) groups is 2. The zero-order valence-electron chi connectivity index (χ0n) is 13.4. The second-order valence-electron chi connectivity index (χ2n) is 5.00. The Kier molecular flexibility index (Phi) is 12.0. The third-order valence-corrected chi connectivity index (χ3v) is 3.23. The third kappa shape index (κ3) is 14.4. The van der Waals surface area contributed by atoms with Gasteiger partial charge in [-0.05, 0) is 12.8 Å². The van der Waals surface area contributed by atoms with Crippen LogP contribution in [0.4, 0.5) is 0 Å². The van der Waals surface area contributed by atoms with Crippen molar-refractivity contribution in [2.24, 2.45) is 0 Å². The van der Waals surface area contributed by atoms with Gasteiger partial charge in [-0.25, -0.2) is 4.57 Å². The molecule has 0 radical (unpaired) electrons. The number of carbonyl (C=O) groups excluding carboxylic acids is 2. The van der Waals surface area contributed by atoms with Gasteiger partial charge in [-0.15, -0.1) is 0 Å². The first-order valence-electron chi connectivity index (χ1n) is 7.63. The molecule has 0 heterocycles. The van der Waals surface area contributed by atoms with E-state index in [9.17, 15) is 14.2 Å². The van der Waals surface area contributed by atoms with Gasteiger partial charge in [-0.1, -0.05) is 19.8 Å². The van der Waals surface area contributed by atoms with Crippen molar-refractivity contribution >= 4 is 19.8 Å². The molecule has 9 heteroatoms. The molecule has 0 spiro atoms. The number of ether oxygens (including phenoxy) is 2. The average molecular weight is 353 g/mol. The molecule has 0 amide bonds. The van der Waals surface area contributed by atoms with E-state index in [0.717, 1.165) is 19.3 Å². The SMILES string of the molecule is [CH2-]CCCCCC(=O)O[C@H](COC(=O)CCC)COP(=O)(O)O. The van der Waals surface area contributed by atoms with Gasteiger partial charge in [0.25, 0.3) is 0 Å². The molecule has 23 heavy (non-hydrogen) atoms. The summed E-state index contributed by atoms with van der Waals surface area (Å²) in [6.45, 7) is 4.66. The number of hydrogen-bond acceptors (Lipinski definition) is 6. The van der Waals surface area contributed by atoms with E-state index < -0.39 is 32.5 Å². The van der Waals surface area contributed by atoms with Gasteiger partial charge in [0.2, 0.25) is 0 Å². The summed E-state index contributed by atoms with van der Waals surface area (Å²) in [5.41, 5.74) is 0. The summed E-state index contributed by atoms with van der Waals surface area (Å²) >= 11 is 0. The highest BCUT2D eigenvalue weighted by Gasteiger charge is 2.22. The summed E-state index contributed by atoms with van der Waals surface area (Å²) in [5.74, 6) is -1.000. The van der Waals surface area contributed by atoms with Crippen LogP contribution in [0.3, 0.4) is 0 Å². The average Bonchev–Trinajstić information content (AvgIpc) is 2.46. The summed E-state index contributed by atoms with van der Waals surface area (Å²) in [5, 5.41) is 0. The van der Waals surface area contributed by atoms with Crippen molar-refractivity contribution in [1.29, 1.82) is 0 Å². The van der Waals surface area contributed by atoms with E-state index in [0.29, 0.717) is 12.8 Å². The second-order valence-corrected chi connectivity index (χ2v) is 6.23. The highest BCUT2D eigenvalue weighted by Crippen LogP contribution is 2.35. The lowest BCUT2D eigenvalue weighted by molar-refractivity contribution is -0.161. The number of hydrogen-bond donors (Lipinski definition) is 2. The summed E-state index contributed by atoms with van der Waals surface area (Å²) in [6.07, 6.45) is 3.12. The summed E-state index contributed by atoms with van der Waals surface area (Å²) in [7, 11) is -4.69. The van der Waals surface area contributed by atoms with Crippen molar-refractivity contribution < 1.29 is 37.9 Å². The Morgan fingerprint density at radius 1 is 1.09 bits per heavy atom. The minimum absolute atomic E-state index is 0.176. The van der Waals surface area contributed by atoms with Gasteiger partial charge in [0, 0.05) is 12.8 Å². The fourth-order valence-corrected chi connectivity index (χ4v) is 1.99. The zero-order valence-corrected chi connectivity index (χ0v) is 14.3. The number of rotatable bonds is 13. The van der Waals surface area contributed by atoms with Crippen LogP contribution in [0.2, 0.25) is 0 Å². The lowest BCUT2D eigenvalue weighted by Crippen LogP contribution is -2.29. The summed E-state index contributed by atoms with van der Waals surface area (Å²) in [6, 6.07) is 0. The maximum Gasteiger partial charge on any atom is 0.469 e. The molecule has 2 N–H and O–H groups in total. The van der Waals surface area contributed by atoms with Crippen LogP contribution in [-0.2, 0) is 28.2 Å². The van der Waals surface area contributed by atoms with Gasteiger partial charge < -0.3 is 26.2 Å². The van der Waals surface area contributed by atoms with Gasteiger partial charge >= 0.3 is 19.8 Å². The standard InChI is InChI=1S/C14H26O8P/c1-3-5-6-7-9-14(16)22-12(11-21-23(17,18)19)10-20-13(15)8-4-2/h12H,1,3-11H2,2H3,(H2,17,18,19)/q-1/t12-/m1/s1. The first kappa shape index (κ1) is 22.1. The number of phosphoric acid groups is 1. The van der Waals surface area contributed by atoms with Crippen LogP contribution in [0.25, 0.3) is 0 Å². The van der Waals surface area contributed by atoms with Crippen LogP contribution in [0, 0.1) is 6.92 Å². The number of phosphoric ester groups is 1. The van der Waals surface area contributed by atoms with E-state index in [2.05, 4.69) is 11.4 Å². The molecule has 0 aliphatic heterocycles. The molecule has 136 valence electrons. The third-order valence-electron chi connectivity index (χ3n) is 2.74. The molecule has 1 atom stereocenters. The van der Waals surface area contributed by atoms with Gasteiger partial charge in [0.05, 0.1) is 6.61 Å². The lowest BCUT2D eigenvalue weighted by atomic mass is 10.1. The highest BCUT2D eigenvalue weighted by atomic mass is 31.2. The van der Waals surface area contributed by atoms with Crippen LogP contribution in [0.1, 0.15) is 51.9 Å². The molecule has 0 aromatic heterocycles. The van der Waals surface area contributed by atoms with E-state index in [1.54, 1.807) is 0 Å². The van der Waals surface area contributed by atoms with E-state index in [4.69, 9.17) is 19.3 Å². The molecule has 0 bridgehead atoms. The summed E-state index contributed by atoms with van der Waals surface area (Å²) < 4.78 is 25.0. The van der Waals surface area contributed by atoms with Gasteiger partial charge in [0.1, 0.15) is 6.61 Å². The molecule has 0 fully saturated rings. The molecule has 8 nitrogen and oxygen atoms in total. The minimum Gasteiger partial charge on any atom is -0.462 e. The zero-order chi connectivity index (χ0) is 17.7. The molecule has 0 rings (SSSR count). The Labute approximate surface area is 136 Å². The largest absolute Gasteiger partial charge is 0.469 e. The van der Waals surface area contributed by atoms with Crippen molar-refractivity contribution in [2.45, 2.75) is 58.0 Å². The highest BCUT2D eigenvalue weighted by molar-refractivity contribution is 7.46. The first-order chi connectivity index (χ1) is 10.8. The van der Waals surface area contributed by atoms with Crippen molar-refractivity contribution in [1.82, 2.24) is 0 Å². The first-order valence-corrected chi connectivity index (χ1v) is 9.16. The maximum absolute atomic E-state index is 11.7. The molecule has 0 saturated heterocycles. The summed E-state index contributed by atoms with van der Waals surface area (Å²) in [4.78, 5) is 40.4. The predicted octanol–water partition coefficient (Wildman–Crippen LogP) is 2.14. The van der Waals surface area contributed by atoms with E-state index >= 15 is 0 Å². The fraction of sp³-hybridized carbons (Fsp3) is 0.786. The van der Waals surface area contributed by atoms with E-state index in [1.165, 1.54) is 0 Å². The number of esters is 2. The van der Waals surface area contributed by atoms with Gasteiger partial charge in [0.15, 0.2) is 6.10 Å². The molecular weight excluding hydrogens is 327 g/mol. The Morgan fingerprint density at radius 2 is 1.78 bits per heavy atom. The van der Waals surface area contributed by atoms with Crippen molar-refractivity contribution in [2.75, 3.05) is 13.2 Å². The number of unbranched alkanes of at least 4 members (excludes halogenated alkanes) is 3. The monoisotopic (exact) mass is 353 g/mol. The van der Waals surface area contributed by atoms with Crippen molar-refractivity contribution in [3.63, 3.8) is 0 Å². The molecule has 0 unspecified atom stereocenters. The Balaban J connectivity index is 4.31. The van der Waals surface area contributed by atoms with Crippen LogP contribution in [-0.4, -0.2) is 41.0 Å². The molecule has 0 saturated carbocycles. The van der Waals surface area contributed by atoms with E-state index in [1.807, 2.05) is 6.92 Å². The van der Waals surface area contributed by atoms with Crippen LogP contribution >= 0.6 is 7.82 Å². The molecular formula is C14H26O8P-. The van der Waals surface area contributed by atoms with Crippen LogP contribution in [0.15, 0.2) is 0 Å². The Morgan fingerprint density at radius 3 is 2.35 bits per heavy atom. The molecule has 0 aromatic carbocycles. The molecule has 0 aromatic rings. The minimum atomic E-state index is -4.69. The normalized spacial score (nSPS) is 12.7. The predicted molar refractivity (Wildman–Crippen MR) is 82.2 cm³/mol. The Hall–Kier alpha value is -0.950. The molecule has 0 aliphatic carbocycles. The van der Waals surface area contributed by atoms with Crippen molar-refractivity contribution in [3.05, 3.63) is 6.92 Å². The second kappa shape index (κ2) is 12.5. The van der Waals surface area contributed by atoms with Crippen LogP contribution < -0.4 is 0 Å². The van der Waals surface area contributed by atoms with Gasteiger partial charge in [-0.3, -0.25) is 14.1 Å². The Bertz CT molecular complexity index is 392. The lowest BCUT2D eigenvalue weighted by Gasteiger charge is -2.18. The smallest absolute Gasteiger partial charge is 0.462 e.